The Bertz CT molecular complexity index is 5000. The van der Waals surface area contributed by atoms with E-state index in [1.165, 1.54) is 44.6 Å². The molecule has 0 aliphatic rings. The Labute approximate surface area is 760 Å². The molecule has 5 heterocycles. The maximum absolute atomic E-state index is 9.50. The van der Waals surface area contributed by atoms with E-state index >= 15 is 0 Å². The van der Waals surface area contributed by atoms with Crippen LogP contribution < -0.4 is 0 Å². The summed E-state index contributed by atoms with van der Waals surface area (Å²) in [6.07, 6.45) is 18.9. The van der Waals surface area contributed by atoms with Crippen molar-refractivity contribution in [3.8, 4) is 30.3 Å². The number of rotatable bonds is 10. The van der Waals surface area contributed by atoms with Crippen LogP contribution >= 0.6 is 0 Å². The van der Waals surface area contributed by atoms with Gasteiger partial charge in [0.05, 0.1) is 82.1 Å². The number of benzene rings is 5. The fraction of sp³-hybridized carbons (Fsp3) is 0.504. The molecule has 10 rings (SSSR count). The fourth-order valence-electron chi connectivity index (χ4n) is 16.2. The van der Waals surface area contributed by atoms with E-state index in [1.807, 2.05) is 159 Å². The zero-order chi connectivity index (χ0) is 96.3. The van der Waals surface area contributed by atoms with E-state index < -0.39 is 0 Å². The molecule has 0 aliphatic heterocycles. The molecular weight excluding hydrogens is 1530 g/mol. The molecule has 125 heavy (non-hydrogen) atoms. The van der Waals surface area contributed by atoms with Crippen molar-refractivity contribution in [3.63, 3.8) is 0 Å². The second kappa shape index (κ2) is 42.1. The summed E-state index contributed by atoms with van der Waals surface area (Å²) in [5.74, 6) is 0. The third kappa shape index (κ3) is 24.4. The Morgan fingerprint density at radius 1 is 0.264 bits per heavy atom. The highest BCUT2D eigenvalue weighted by Crippen LogP contribution is 2.53. The summed E-state index contributed by atoms with van der Waals surface area (Å²) in [6.45, 7) is 89.5. The summed E-state index contributed by atoms with van der Waals surface area (Å²) in [4.78, 5) is 21.8. The van der Waals surface area contributed by atoms with Gasteiger partial charge >= 0.3 is 0 Å². The molecule has 0 fully saturated rings. The van der Waals surface area contributed by atoms with Crippen molar-refractivity contribution in [2.75, 3.05) is 0 Å². The van der Waals surface area contributed by atoms with Gasteiger partial charge in [-0.1, -0.05) is 336 Å². The number of nitrogens with zero attached hydrogens (tertiary/aromatic N) is 12. The average Bonchev–Trinajstić information content (AvgIpc) is 1.74. The quantitative estimate of drug-likeness (QED) is 0.127. The maximum Gasteiger partial charge on any atom is 0.0994 e. The van der Waals surface area contributed by atoms with Crippen LogP contribution in [0.2, 0.25) is 0 Å². The fourth-order valence-corrected chi connectivity index (χ4v) is 16.2. The SMILES string of the molecule is CC.CC.CC.CC(C)(C)c1cc(C(C)(c2ccccn2)C(C)(C)C)ccc1C#N.CC(C)(C)c1cc(C(C)(c2cccnc2)C(C)(C)C)ccc1C#N.CC(C)(C)c1cc(C(C)(c2ccncc2)C(C)(C)C)ccc1C#N.CC(C)(C)c1cc(C(C)(n2ccnc2)C(C)(C)C)ccc1C#N.Cn1cncc1C(C)(c1ccc(C#N)c(C(C)(C)C)c1)C(C)(C)C. The van der Waals surface area contributed by atoms with Gasteiger partial charge in [-0.05, 0) is 202 Å². The highest BCUT2D eigenvalue weighted by Gasteiger charge is 2.47. The van der Waals surface area contributed by atoms with Gasteiger partial charge in [0.1, 0.15) is 0 Å². The summed E-state index contributed by atoms with van der Waals surface area (Å²) in [5.41, 5.74) is 18.5. The zero-order valence-corrected chi connectivity index (χ0v) is 85.3. The Morgan fingerprint density at radius 2 is 0.592 bits per heavy atom. The van der Waals surface area contributed by atoms with Crippen LogP contribution in [0.3, 0.4) is 0 Å². The third-order valence-corrected chi connectivity index (χ3v) is 26.1. The van der Waals surface area contributed by atoms with Crippen molar-refractivity contribution in [1.29, 1.82) is 26.3 Å². The minimum atomic E-state index is -0.252. The first kappa shape index (κ1) is 109. The van der Waals surface area contributed by atoms with Crippen LogP contribution in [0.1, 0.15) is 390 Å². The zero-order valence-electron chi connectivity index (χ0n) is 85.3. The summed E-state index contributed by atoms with van der Waals surface area (Å²) in [6, 6.07) is 57.5. The Morgan fingerprint density at radius 3 is 0.864 bits per heavy atom. The number of nitriles is 5. The van der Waals surface area contributed by atoms with Gasteiger partial charge in [-0.25, -0.2) is 9.97 Å². The van der Waals surface area contributed by atoms with Gasteiger partial charge in [-0.15, -0.1) is 0 Å². The normalized spacial score (nSPS) is 14.3. The average molecular weight is 1680 g/mol. The van der Waals surface area contributed by atoms with E-state index in [0.717, 1.165) is 61.3 Å². The standard InChI is InChI=1S/3C22H28N2.C21H29N3.C20H27N3.3C2H6/c1-20(2,3)19-14-18(9-8-16(19)15-23)22(7,21(4,5)6)17-10-12-24-13-11-17;1-20(2,3)19-13-17(11-10-16(19)14-23)22(7,21(4,5)6)18-9-8-12-24-15-18;1-20(2,3)18-14-17(12-11-16(18)15-23)22(7,21(4,5)6)19-10-8-9-13-24-19;1-19(2,3)17-11-16(10-9-15(17)12-22)21(7,20(4,5)6)18-13-23-14-24(18)8;1-18(2,3)17-12-16(9-8-15(17)13-21)20(7,19(4,5)6)23-11-10-22-14-23;3*1-2/h8-14H,1-7H3;8-13,15H,1-7H3;8-14H,1-7H3;9-11,13-14H,1-8H3;8-12,14H,1-7H3;3*1-2H3. The molecule has 0 bridgehead atoms. The summed E-state index contributed by atoms with van der Waals surface area (Å²) < 4.78 is 4.26. The first-order chi connectivity index (χ1) is 57.5. The predicted octanol–water partition coefficient (Wildman–Crippen LogP) is 29.7. The van der Waals surface area contributed by atoms with Crippen LogP contribution in [-0.2, 0) is 61.3 Å². The largest absolute Gasteiger partial charge is 0.337 e. The number of imidazole rings is 2. The van der Waals surface area contributed by atoms with Gasteiger partial charge in [-0.3, -0.25) is 15.0 Å². The van der Waals surface area contributed by atoms with Crippen LogP contribution in [0.4, 0.5) is 0 Å². The molecule has 0 spiro atoms. The van der Waals surface area contributed by atoms with Crippen molar-refractivity contribution in [2.24, 2.45) is 34.1 Å². The molecule has 5 unspecified atom stereocenters. The van der Waals surface area contributed by atoms with Gasteiger partial charge in [0.15, 0.2) is 0 Å². The smallest absolute Gasteiger partial charge is 0.0994 e. The number of aryl methyl sites for hydroxylation is 1. The third-order valence-electron chi connectivity index (χ3n) is 26.1. The van der Waals surface area contributed by atoms with E-state index in [0.29, 0.717) is 0 Å². The first-order valence-corrected chi connectivity index (χ1v) is 44.9. The Balaban J connectivity index is 0.000000397. The molecule has 0 amide bonds. The van der Waals surface area contributed by atoms with Crippen molar-refractivity contribution >= 4 is 0 Å². The minimum absolute atomic E-state index is 0.000647. The van der Waals surface area contributed by atoms with E-state index in [1.54, 1.807) is 0 Å². The minimum Gasteiger partial charge on any atom is -0.337 e. The molecule has 0 saturated carbocycles. The number of aromatic nitrogens is 7. The van der Waals surface area contributed by atoms with Crippen molar-refractivity contribution in [2.45, 2.75) is 338 Å². The molecule has 5 aromatic heterocycles. The van der Waals surface area contributed by atoms with Gasteiger partial charge in [0, 0.05) is 84.0 Å². The molecule has 0 aliphatic carbocycles. The van der Waals surface area contributed by atoms with Gasteiger partial charge in [-0.2, -0.15) is 26.3 Å². The Hall–Kier alpha value is -10.6. The lowest BCUT2D eigenvalue weighted by Gasteiger charge is -2.44. The molecule has 10 aromatic rings. The molecule has 5 aromatic carbocycles. The second-order valence-corrected chi connectivity index (χ2v) is 43.5. The molecule has 12 heteroatoms. The predicted molar refractivity (Wildman–Crippen MR) is 527 cm³/mol. The summed E-state index contributed by atoms with van der Waals surface area (Å²) in [7, 11) is 2.04. The van der Waals surface area contributed by atoms with E-state index in [9.17, 15) is 26.3 Å². The van der Waals surface area contributed by atoms with Crippen LogP contribution in [0, 0.1) is 83.7 Å². The lowest BCUT2D eigenvalue weighted by atomic mass is 9.60. The van der Waals surface area contributed by atoms with E-state index in [-0.39, 0.29) is 81.3 Å². The van der Waals surface area contributed by atoms with Crippen molar-refractivity contribution in [1.82, 2.24) is 34.1 Å². The maximum atomic E-state index is 9.50. The topological polar surface area (TPSA) is 193 Å². The van der Waals surface area contributed by atoms with E-state index in [4.69, 9.17) is 0 Å². The molecule has 12 nitrogen and oxygen atoms in total. The van der Waals surface area contributed by atoms with Gasteiger partial charge in [0.2, 0.25) is 0 Å². The van der Waals surface area contributed by atoms with Gasteiger partial charge in [0.25, 0.3) is 0 Å². The molecule has 670 valence electrons. The van der Waals surface area contributed by atoms with Crippen LogP contribution in [0.25, 0.3) is 0 Å². The molecule has 5 atom stereocenters. The lowest BCUT2D eigenvalue weighted by Crippen LogP contribution is -2.43. The second-order valence-electron chi connectivity index (χ2n) is 43.5. The Kier molecular flexibility index (Phi) is 36.6. The van der Waals surface area contributed by atoms with Crippen molar-refractivity contribution < 1.29 is 0 Å². The molecule has 0 saturated heterocycles. The highest BCUT2D eigenvalue weighted by atomic mass is 15.1. The molecule has 0 N–H and O–H groups in total. The van der Waals surface area contributed by atoms with Gasteiger partial charge < -0.3 is 9.13 Å². The lowest BCUT2D eigenvalue weighted by molar-refractivity contribution is 0.164. The number of hydrogen-bond acceptors (Lipinski definition) is 10. The van der Waals surface area contributed by atoms with Crippen LogP contribution in [0.5, 0.6) is 0 Å². The molecule has 0 radical (unpaired) electrons. The number of hydrogen-bond donors (Lipinski definition) is 0. The highest BCUT2D eigenvalue weighted by molar-refractivity contribution is 5.54. The van der Waals surface area contributed by atoms with Crippen molar-refractivity contribution in [3.05, 3.63) is 302 Å². The number of pyridine rings is 3. The monoisotopic (exact) mass is 1680 g/mol. The van der Waals surface area contributed by atoms with Crippen LogP contribution in [0.15, 0.2) is 196 Å². The van der Waals surface area contributed by atoms with E-state index in [2.05, 4.69) is 392 Å². The first-order valence-electron chi connectivity index (χ1n) is 44.9. The molecular formula is C113H158N12. The summed E-state index contributed by atoms with van der Waals surface area (Å²) in [5, 5.41) is 47.4. The van der Waals surface area contributed by atoms with Crippen LogP contribution in [-0.4, -0.2) is 34.1 Å². The summed E-state index contributed by atoms with van der Waals surface area (Å²) >= 11 is 0.